The van der Waals surface area contributed by atoms with Gasteiger partial charge in [-0.05, 0) is 83.5 Å². The predicted molar refractivity (Wildman–Crippen MR) is 126 cm³/mol. The molecule has 2 aromatic rings. The van der Waals surface area contributed by atoms with E-state index in [4.69, 9.17) is 4.74 Å². The molecule has 0 bridgehead atoms. The molecule has 0 spiro atoms. The highest BCUT2D eigenvalue weighted by Crippen LogP contribution is 2.16. The van der Waals surface area contributed by atoms with Gasteiger partial charge in [0.2, 0.25) is 0 Å². The van der Waals surface area contributed by atoms with Crippen LogP contribution in [0.3, 0.4) is 0 Å². The van der Waals surface area contributed by atoms with Crippen LogP contribution in [0, 0.1) is 0 Å². The lowest BCUT2D eigenvalue weighted by Gasteiger charge is -2.24. The van der Waals surface area contributed by atoms with Crippen LogP contribution < -0.4 is 10.6 Å². The highest BCUT2D eigenvalue weighted by Gasteiger charge is 2.20. The Balaban J connectivity index is 2.02. The number of carbonyl (C=O) groups excluding carboxylic acids is 3. The maximum Gasteiger partial charge on any atom is 0.410 e. The SMILES string of the molecule is CN(Cc1cccc(NC(=O)c2ccc(C(=O)NC(C)(C)C)cc2)c1)C(=O)OC(C)(C)C. The predicted octanol–water partition coefficient (Wildman–Crippen LogP) is 4.83. The molecular weight excluding hydrogens is 406 g/mol. The summed E-state index contributed by atoms with van der Waals surface area (Å²) in [6.45, 7) is 11.5. The van der Waals surface area contributed by atoms with Gasteiger partial charge in [-0.3, -0.25) is 9.59 Å². The summed E-state index contributed by atoms with van der Waals surface area (Å²) in [6.07, 6.45) is -0.414. The molecule has 2 N–H and O–H groups in total. The number of amides is 3. The average molecular weight is 440 g/mol. The van der Waals surface area contributed by atoms with Crippen LogP contribution in [0.25, 0.3) is 0 Å². The van der Waals surface area contributed by atoms with Gasteiger partial charge in [-0.15, -0.1) is 0 Å². The van der Waals surface area contributed by atoms with Crippen molar-refractivity contribution >= 4 is 23.6 Å². The third kappa shape index (κ3) is 8.06. The molecule has 3 amide bonds. The van der Waals surface area contributed by atoms with Crippen LogP contribution >= 0.6 is 0 Å². The molecule has 0 heterocycles. The number of rotatable bonds is 5. The second-order valence-corrected chi connectivity index (χ2v) is 9.77. The number of ether oxygens (including phenoxy) is 1. The van der Waals surface area contributed by atoms with Crippen LogP contribution in [0.15, 0.2) is 48.5 Å². The summed E-state index contributed by atoms with van der Waals surface area (Å²) < 4.78 is 5.37. The molecule has 0 radical (unpaired) electrons. The summed E-state index contributed by atoms with van der Waals surface area (Å²) in [6, 6.07) is 13.8. The normalized spacial score (nSPS) is 11.5. The molecule has 0 atom stereocenters. The van der Waals surface area contributed by atoms with Crippen molar-refractivity contribution in [1.82, 2.24) is 10.2 Å². The smallest absolute Gasteiger partial charge is 0.410 e. The zero-order chi connectivity index (χ0) is 24.1. The molecule has 0 aliphatic carbocycles. The highest BCUT2D eigenvalue weighted by atomic mass is 16.6. The third-order valence-corrected chi connectivity index (χ3v) is 4.21. The van der Waals surface area contributed by atoms with Gasteiger partial charge in [-0.1, -0.05) is 12.1 Å². The van der Waals surface area contributed by atoms with Gasteiger partial charge < -0.3 is 20.3 Å². The van der Waals surface area contributed by atoms with Crippen LogP contribution in [-0.4, -0.2) is 41.0 Å². The van der Waals surface area contributed by atoms with Gasteiger partial charge in [0.15, 0.2) is 0 Å². The second kappa shape index (κ2) is 9.85. The number of benzene rings is 2. The van der Waals surface area contributed by atoms with Crippen molar-refractivity contribution in [3.63, 3.8) is 0 Å². The van der Waals surface area contributed by atoms with E-state index in [9.17, 15) is 14.4 Å². The summed E-state index contributed by atoms with van der Waals surface area (Å²) in [7, 11) is 1.66. The van der Waals surface area contributed by atoms with Crippen molar-refractivity contribution in [2.45, 2.75) is 59.2 Å². The molecule has 172 valence electrons. The van der Waals surface area contributed by atoms with E-state index in [0.29, 0.717) is 23.4 Å². The van der Waals surface area contributed by atoms with Crippen molar-refractivity contribution in [1.29, 1.82) is 0 Å². The van der Waals surface area contributed by atoms with Gasteiger partial charge in [0, 0.05) is 35.9 Å². The number of carbonyl (C=O) groups is 3. The minimum absolute atomic E-state index is 0.189. The Hall–Kier alpha value is -3.35. The molecule has 0 saturated carbocycles. The molecule has 2 rings (SSSR count). The number of hydrogen-bond acceptors (Lipinski definition) is 4. The quantitative estimate of drug-likeness (QED) is 0.698. The molecule has 0 aliphatic rings. The Labute approximate surface area is 190 Å². The number of hydrogen-bond donors (Lipinski definition) is 2. The molecule has 0 saturated heterocycles. The lowest BCUT2D eigenvalue weighted by atomic mass is 10.1. The van der Waals surface area contributed by atoms with Gasteiger partial charge in [0.25, 0.3) is 11.8 Å². The summed E-state index contributed by atoms with van der Waals surface area (Å²) >= 11 is 0. The summed E-state index contributed by atoms with van der Waals surface area (Å²) in [5.74, 6) is -0.475. The van der Waals surface area contributed by atoms with E-state index in [1.165, 1.54) is 4.90 Å². The maximum atomic E-state index is 12.6. The van der Waals surface area contributed by atoms with Gasteiger partial charge >= 0.3 is 6.09 Å². The highest BCUT2D eigenvalue weighted by molar-refractivity contribution is 6.05. The zero-order valence-corrected chi connectivity index (χ0v) is 19.9. The third-order valence-electron chi connectivity index (χ3n) is 4.21. The molecular formula is C25H33N3O4. The lowest BCUT2D eigenvalue weighted by Crippen LogP contribution is -2.40. The molecule has 0 unspecified atom stereocenters. The fourth-order valence-electron chi connectivity index (χ4n) is 2.81. The fraction of sp³-hybridized carbons (Fsp3) is 0.400. The minimum Gasteiger partial charge on any atom is -0.444 e. The molecule has 7 heteroatoms. The number of nitrogens with one attached hydrogen (secondary N) is 2. The first-order valence-corrected chi connectivity index (χ1v) is 10.5. The molecule has 7 nitrogen and oxygen atoms in total. The minimum atomic E-state index is -0.565. The second-order valence-electron chi connectivity index (χ2n) is 9.77. The van der Waals surface area contributed by atoms with Crippen molar-refractivity contribution in [2.24, 2.45) is 0 Å². The van der Waals surface area contributed by atoms with Crippen molar-refractivity contribution in [2.75, 3.05) is 12.4 Å². The van der Waals surface area contributed by atoms with E-state index in [0.717, 1.165) is 5.56 Å². The first-order valence-electron chi connectivity index (χ1n) is 10.5. The number of nitrogens with zero attached hydrogens (tertiary/aromatic N) is 1. The van der Waals surface area contributed by atoms with Crippen molar-refractivity contribution in [3.05, 3.63) is 65.2 Å². The Bertz CT molecular complexity index is 970. The Morgan fingerprint density at radius 2 is 1.44 bits per heavy atom. The molecule has 0 fully saturated rings. The van der Waals surface area contributed by atoms with E-state index in [2.05, 4.69) is 10.6 Å². The van der Waals surface area contributed by atoms with Crippen LogP contribution in [0.2, 0.25) is 0 Å². The van der Waals surface area contributed by atoms with Gasteiger partial charge in [0.1, 0.15) is 5.60 Å². The first-order chi connectivity index (χ1) is 14.7. The zero-order valence-electron chi connectivity index (χ0n) is 19.9. The lowest BCUT2D eigenvalue weighted by molar-refractivity contribution is 0.0285. The van der Waals surface area contributed by atoms with Gasteiger partial charge in [-0.25, -0.2) is 4.79 Å². The molecule has 32 heavy (non-hydrogen) atoms. The maximum absolute atomic E-state index is 12.6. The average Bonchev–Trinajstić information content (AvgIpc) is 2.65. The van der Waals surface area contributed by atoms with E-state index < -0.39 is 11.7 Å². The van der Waals surface area contributed by atoms with Crippen LogP contribution in [0.4, 0.5) is 10.5 Å². The van der Waals surface area contributed by atoms with Gasteiger partial charge in [0.05, 0.1) is 0 Å². The van der Waals surface area contributed by atoms with Gasteiger partial charge in [-0.2, -0.15) is 0 Å². The van der Waals surface area contributed by atoms with Crippen LogP contribution in [0.1, 0.15) is 67.8 Å². The Morgan fingerprint density at radius 1 is 0.875 bits per heavy atom. The van der Waals surface area contributed by atoms with E-state index in [1.807, 2.05) is 59.7 Å². The standard InChI is InChI=1S/C25H33N3O4/c1-24(2,3)27-22(30)19-13-11-18(12-14-19)21(29)26-20-10-8-9-17(15-20)16-28(7)23(31)32-25(4,5)6/h8-15H,16H2,1-7H3,(H,26,29)(H,27,30). The van der Waals surface area contributed by atoms with Crippen LogP contribution in [-0.2, 0) is 11.3 Å². The largest absolute Gasteiger partial charge is 0.444 e. The summed E-state index contributed by atoms with van der Waals surface area (Å²) in [5.41, 5.74) is 1.49. The molecule has 0 aromatic heterocycles. The first kappa shape index (κ1) is 24.9. The number of anilines is 1. The van der Waals surface area contributed by atoms with Crippen molar-refractivity contribution < 1.29 is 19.1 Å². The van der Waals surface area contributed by atoms with E-state index >= 15 is 0 Å². The summed E-state index contributed by atoms with van der Waals surface area (Å²) in [4.78, 5) is 38.5. The van der Waals surface area contributed by atoms with E-state index in [1.54, 1.807) is 37.4 Å². The summed E-state index contributed by atoms with van der Waals surface area (Å²) in [5, 5.41) is 5.74. The molecule has 2 aromatic carbocycles. The Morgan fingerprint density at radius 3 is 1.97 bits per heavy atom. The molecule has 0 aliphatic heterocycles. The van der Waals surface area contributed by atoms with E-state index in [-0.39, 0.29) is 17.4 Å². The topological polar surface area (TPSA) is 87.7 Å². The van der Waals surface area contributed by atoms with Crippen molar-refractivity contribution in [3.8, 4) is 0 Å². The monoisotopic (exact) mass is 439 g/mol. The Kier molecular flexibility index (Phi) is 7.67. The van der Waals surface area contributed by atoms with Crippen LogP contribution in [0.5, 0.6) is 0 Å². The fourth-order valence-corrected chi connectivity index (χ4v) is 2.81.